The number of carbonyl (C=O) groups excluding carboxylic acids is 1. The molecule has 6 nitrogen and oxygen atoms in total. The van der Waals surface area contributed by atoms with Crippen molar-refractivity contribution < 1.29 is 14.9 Å². The molecule has 134 valence electrons. The highest BCUT2D eigenvalue weighted by atomic mass is 32.1. The Bertz CT molecular complexity index is 1030. The molecule has 3 aromatic rings. The third-order valence-corrected chi connectivity index (χ3v) is 5.34. The second kappa shape index (κ2) is 6.24. The monoisotopic (exact) mass is 376 g/mol. The predicted octanol–water partition coefficient (Wildman–Crippen LogP) is 3.21. The largest absolute Gasteiger partial charge is 0.327 e. The van der Waals surface area contributed by atoms with Crippen LogP contribution in [-0.4, -0.2) is 37.1 Å². The molecule has 0 spiro atoms. The zero-order valence-corrected chi connectivity index (χ0v) is 14.8. The average Bonchev–Trinajstić information content (AvgIpc) is 3.21. The minimum atomic E-state index is -0.673. The van der Waals surface area contributed by atoms with Gasteiger partial charge in [0.05, 0.1) is 13.1 Å². The lowest BCUT2D eigenvalue weighted by Gasteiger charge is -2.33. The summed E-state index contributed by atoms with van der Waals surface area (Å²) in [6, 6.07) is 3.00. The lowest BCUT2D eigenvalue weighted by atomic mass is 10.1. The van der Waals surface area contributed by atoms with E-state index in [4.69, 9.17) is 1.37 Å². The van der Waals surface area contributed by atoms with Crippen molar-refractivity contribution in [1.82, 2.24) is 24.6 Å². The standard InChI is InChI=1S/C17H15F2N5OS/c1-9-13(19)26-16(20-9)15-22-21-14-10(2)23(7-8-24(14)15)17(25)11-3-5-12(18)6-4-11/h3-6,10H,7-8H2,1-2H3/t10-/m1/s1/i5D. The Morgan fingerprint density at radius 2 is 2.12 bits per heavy atom. The highest BCUT2D eigenvalue weighted by Crippen LogP contribution is 2.31. The minimum absolute atomic E-state index is 0.249. The van der Waals surface area contributed by atoms with Crippen molar-refractivity contribution in [3.05, 3.63) is 52.3 Å². The van der Waals surface area contributed by atoms with Gasteiger partial charge >= 0.3 is 0 Å². The zero-order chi connectivity index (χ0) is 19.3. The first-order valence-electron chi connectivity index (χ1n) is 8.50. The molecule has 1 atom stereocenters. The third-order valence-electron chi connectivity index (χ3n) is 4.40. The van der Waals surface area contributed by atoms with E-state index in [9.17, 15) is 13.6 Å². The Kier molecular flexibility index (Phi) is 3.74. The van der Waals surface area contributed by atoms with Crippen molar-refractivity contribution in [2.24, 2.45) is 0 Å². The predicted molar refractivity (Wildman–Crippen MR) is 91.7 cm³/mol. The van der Waals surface area contributed by atoms with E-state index < -0.39 is 5.82 Å². The Balaban J connectivity index is 1.65. The fourth-order valence-corrected chi connectivity index (χ4v) is 3.79. The number of hydrogen-bond acceptors (Lipinski definition) is 5. The second-order valence-electron chi connectivity index (χ2n) is 6.01. The summed E-state index contributed by atoms with van der Waals surface area (Å²) in [6.45, 7) is 4.23. The van der Waals surface area contributed by atoms with E-state index in [1.807, 2.05) is 11.5 Å². The van der Waals surface area contributed by atoms with Crippen LogP contribution in [-0.2, 0) is 6.54 Å². The summed E-state index contributed by atoms with van der Waals surface area (Å²) in [4.78, 5) is 18.6. The minimum Gasteiger partial charge on any atom is -0.327 e. The molecule has 9 heteroatoms. The number of aryl methyl sites for hydroxylation is 1. The van der Waals surface area contributed by atoms with Gasteiger partial charge in [0, 0.05) is 18.7 Å². The van der Waals surface area contributed by atoms with E-state index >= 15 is 0 Å². The van der Waals surface area contributed by atoms with Crippen LogP contribution in [0.3, 0.4) is 0 Å². The molecule has 1 aromatic carbocycles. The van der Waals surface area contributed by atoms with E-state index in [1.165, 1.54) is 12.1 Å². The molecular formula is C17H15F2N5OS. The summed E-state index contributed by atoms with van der Waals surface area (Å²) in [7, 11) is 0. The van der Waals surface area contributed by atoms with Crippen molar-refractivity contribution in [3.63, 3.8) is 0 Å². The van der Waals surface area contributed by atoms with E-state index in [-0.39, 0.29) is 28.7 Å². The molecular weight excluding hydrogens is 360 g/mol. The molecule has 0 N–H and O–H groups in total. The van der Waals surface area contributed by atoms with Gasteiger partial charge in [0.25, 0.3) is 5.91 Å². The molecule has 26 heavy (non-hydrogen) atoms. The Labute approximate surface area is 153 Å². The summed E-state index contributed by atoms with van der Waals surface area (Å²) < 4.78 is 36.4. The molecule has 0 saturated carbocycles. The van der Waals surface area contributed by atoms with Gasteiger partial charge in [-0.3, -0.25) is 4.79 Å². The molecule has 0 unspecified atom stereocenters. The first-order valence-corrected chi connectivity index (χ1v) is 8.82. The van der Waals surface area contributed by atoms with Crippen LogP contribution in [0.25, 0.3) is 10.8 Å². The van der Waals surface area contributed by atoms with Crippen LogP contribution in [0.5, 0.6) is 0 Å². The zero-order valence-electron chi connectivity index (χ0n) is 15.0. The molecule has 0 aliphatic carbocycles. The van der Waals surface area contributed by atoms with Crippen LogP contribution in [0.4, 0.5) is 8.78 Å². The van der Waals surface area contributed by atoms with Gasteiger partial charge in [0.15, 0.2) is 21.8 Å². The summed E-state index contributed by atoms with van der Waals surface area (Å²) >= 11 is 0.915. The fourth-order valence-electron chi connectivity index (χ4n) is 3.00. The number of amides is 1. The van der Waals surface area contributed by atoms with Gasteiger partial charge in [-0.25, -0.2) is 9.37 Å². The van der Waals surface area contributed by atoms with Gasteiger partial charge in [-0.15, -0.1) is 10.2 Å². The molecule has 1 aliphatic heterocycles. The van der Waals surface area contributed by atoms with Crippen molar-refractivity contribution >= 4 is 17.2 Å². The highest BCUT2D eigenvalue weighted by Gasteiger charge is 2.32. The van der Waals surface area contributed by atoms with Gasteiger partial charge < -0.3 is 9.47 Å². The maximum atomic E-state index is 13.7. The van der Waals surface area contributed by atoms with Crippen LogP contribution in [0.1, 0.15) is 36.2 Å². The first kappa shape index (κ1) is 15.6. The summed E-state index contributed by atoms with van der Waals surface area (Å²) in [5.74, 6) is 0.0822. The number of hydrogen-bond donors (Lipinski definition) is 0. The first-order chi connectivity index (χ1) is 12.9. The molecule has 3 heterocycles. The fraction of sp³-hybridized carbons (Fsp3) is 0.294. The third kappa shape index (κ3) is 2.68. The van der Waals surface area contributed by atoms with Gasteiger partial charge in [-0.2, -0.15) is 4.39 Å². The van der Waals surface area contributed by atoms with E-state index in [0.717, 1.165) is 17.4 Å². The van der Waals surface area contributed by atoms with Gasteiger partial charge in [0.1, 0.15) is 5.82 Å². The molecule has 2 aromatic heterocycles. The van der Waals surface area contributed by atoms with Crippen LogP contribution < -0.4 is 0 Å². The van der Waals surface area contributed by atoms with E-state index in [2.05, 4.69) is 15.2 Å². The maximum Gasteiger partial charge on any atom is 0.254 e. The van der Waals surface area contributed by atoms with Crippen LogP contribution in [0.15, 0.2) is 24.2 Å². The van der Waals surface area contributed by atoms with Crippen molar-refractivity contribution in [2.75, 3.05) is 6.54 Å². The van der Waals surface area contributed by atoms with E-state index in [0.29, 0.717) is 35.4 Å². The number of fused-ring (bicyclic) bond motifs is 1. The van der Waals surface area contributed by atoms with Crippen molar-refractivity contribution in [2.45, 2.75) is 26.4 Å². The van der Waals surface area contributed by atoms with Gasteiger partial charge in [0.2, 0.25) is 0 Å². The molecule has 0 fully saturated rings. The number of nitrogens with zero attached hydrogens (tertiary/aromatic N) is 5. The molecule has 1 aliphatic rings. The second-order valence-corrected chi connectivity index (χ2v) is 6.96. The van der Waals surface area contributed by atoms with Crippen LogP contribution in [0.2, 0.25) is 0 Å². The normalized spacial score (nSPS) is 17.2. The lowest BCUT2D eigenvalue weighted by molar-refractivity contribution is 0.0638. The summed E-state index contributed by atoms with van der Waals surface area (Å²) in [5.41, 5.74) is 0.564. The molecule has 0 saturated heterocycles. The Morgan fingerprint density at radius 1 is 1.31 bits per heavy atom. The maximum absolute atomic E-state index is 13.7. The Hall–Kier alpha value is -2.68. The number of rotatable bonds is 2. The highest BCUT2D eigenvalue weighted by molar-refractivity contribution is 7.13. The molecule has 0 bridgehead atoms. The SMILES string of the molecule is [2H]c1cc(C(=O)N2CCn3c(-c4nc(C)c(F)s4)nnc3[C@H]2C)ccc1F. The smallest absolute Gasteiger partial charge is 0.254 e. The van der Waals surface area contributed by atoms with Crippen molar-refractivity contribution in [1.29, 1.82) is 0 Å². The number of halogens is 2. The molecule has 1 amide bonds. The van der Waals surface area contributed by atoms with Crippen LogP contribution in [0, 0.1) is 17.9 Å². The summed E-state index contributed by atoms with van der Waals surface area (Å²) in [5, 5.41) is 8.42. The quantitative estimate of drug-likeness (QED) is 0.689. The average molecular weight is 376 g/mol. The Morgan fingerprint density at radius 3 is 2.81 bits per heavy atom. The van der Waals surface area contributed by atoms with Gasteiger partial charge in [-0.05, 0) is 38.1 Å². The van der Waals surface area contributed by atoms with Crippen molar-refractivity contribution in [3.8, 4) is 10.8 Å². The number of carbonyl (C=O) groups is 1. The number of aromatic nitrogens is 4. The van der Waals surface area contributed by atoms with E-state index in [1.54, 1.807) is 11.8 Å². The van der Waals surface area contributed by atoms with Crippen LogP contribution >= 0.6 is 11.3 Å². The number of thiazole rings is 1. The van der Waals surface area contributed by atoms with Gasteiger partial charge in [-0.1, -0.05) is 11.3 Å². The molecule has 4 rings (SSSR count). The molecule has 0 radical (unpaired) electrons. The topological polar surface area (TPSA) is 63.9 Å². The lowest BCUT2D eigenvalue weighted by Crippen LogP contribution is -2.41. The summed E-state index contributed by atoms with van der Waals surface area (Å²) in [6.07, 6.45) is 0. The number of benzene rings is 1.